The van der Waals surface area contributed by atoms with E-state index in [1.165, 1.54) is 5.56 Å². The molecule has 0 saturated carbocycles. The van der Waals surface area contributed by atoms with E-state index in [4.69, 9.17) is 5.73 Å². The number of amides is 2. The summed E-state index contributed by atoms with van der Waals surface area (Å²) in [5.74, 6) is 1.58. The number of rotatable bonds is 4. The fourth-order valence-corrected chi connectivity index (χ4v) is 2.85. The fourth-order valence-electron chi connectivity index (χ4n) is 2.85. The Morgan fingerprint density at radius 2 is 2.13 bits per heavy atom. The molecule has 1 atom stereocenters. The Bertz CT molecular complexity index is 661. The maximum Gasteiger partial charge on any atom is 0.314 e. The molecule has 0 radical (unpaired) electrons. The van der Waals surface area contributed by atoms with E-state index in [2.05, 4.69) is 27.4 Å². The lowest BCUT2D eigenvalue weighted by Gasteiger charge is -2.32. The predicted molar refractivity (Wildman–Crippen MR) is 89.1 cm³/mol. The quantitative estimate of drug-likeness (QED) is 0.905. The topological polar surface area (TPSA) is 84.1 Å². The third-order valence-corrected chi connectivity index (χ3v) is 4.00. The lowest BCUT2D eigenvalue weighted by atomic mass is 10.1. The molecule has 1 saturated heterocycles. The van der Waals surface area contributed by atoms with E-state index in [1.807, 2.05) is 24.3 Å². The van der Waals surface area contributed by atoms with Crippen LogP contribution in [0.4, 0.5) is 10.6 Å². The number of aromatic nitrogens is 2. The van der Waals surface area contributed by atoms with E-state index in [1.54, 1.807) is 11.1 Å². The Morgan fingerprint density at radius 1 is 1.30 bits per heavy atom. The second-order valence-corrected chi connectivity index (χ2v) is 5.79. The Morgan fingerprint density at radius 3 is 2.91 bits per heavy atom. The molecule has 2 heterocycles. The number of likely N-dealkylation sites (tertiary alicyclic amines) is 1. The summed E-state index contributed by atoms with van der Waals surface area (Å²) < 4.78 is 0. The van der Waals surface area contributed by atoms with Crippen molar-refractivity contribution in [1.29, 1.82) is 0 Å². The van der Waals surface area contributed by atoms with Crippen LogP contribution in [0.3, 0.4) is 0 Å². The highest BCUT2D eigenvalue weighted by Crippen LogP contribution is 2.15. The number of hydrogen-bond acceptors (Lipinski definition) is 4. The minimum Gasteiger partial charge on any atom is -0.365 e. The number of hydrogen-bond donors (Lipinski definition) is 2. The second kappa shape index (κ2) is 7.09. The number of carbonyl (C=O) groups is 1. The SMILES string of the molecule is NC(=O)N1CCC[C@H](Nc2ccnc(Cc3ccccc3)n2)C1. The fraction of sp³-hybridized carbons (Fsp3) is 0.353. The number of anilines is 1. The van der Waals surface area contributed by atoms with Crippen LogP contribution in [-0.2, 0) is 6.42 Å². The lowest BCUT2D eigenvalue weighted by molar-refractivity contribution is 0.192. The van der Waals surface area contributed by atoms with Crippen LogP contribution in [0.25, 0.3) is 0 Å². The molecule has 1 aliphatic rings. The number of primary amides is 1. The molecule has 1 aromatic heterocycles. The van der Waals surface area contributed by atoms with Crippen molar-refractivity contribution in [3.8, 4) is 0 Å². The summed E-state index contributed by atoms with van der Waals surface area (Å²) in [4.78, 5) is 21.9. The monoisotopic (exact) mass is 311 g/mol. The molecule has 23 heavy (non-hydrogen) atoms. The third kappa shape index (κ3) is 4.18. The molecule has 0 aliphatic carbocycles. The average Bonchev–Trinajstić information content (AvgIpc) is 2.56. The number of urea groups is 1. The molecule has 120 valence electrons. The van der Waals surface area contributed by atoms with E-state index >= 15 is 0 Å². The van der Waals surface area contributed by atoms with Gasteiger partial charge in [-0.3, -0.25) is 0 Å². The van der Waals surface area contributed by atoms with Gasteiger partial charge in [-0.2, -0.15) is 0 Å². The maximum atomic E-state index is 11.3. The van der Waals surface area contributed by atoms with E-state index in [-0.39, 0.29) is 12.1 Å². The van der Waals surface area contributed by atoms with E-state index in [9.17, 15) is 4.79 Å². The molecule has 2 aromatic rings. The minimum atomic E-state index is -0.357. The molecule has 1 aliphatic heterocycles. The van der Waals surface area contributed by atoms with Crippen molar-refractivity contribution >= 4 is 11.8 Å². The molecule has 2 amide bonds. The van der Waals surface area contributed by atoms with Gasteiger partial charge in [-0.1, -0.05) is 30.3 Å². The van der Waals surface area contributed by atoms with Crippen LogP contribution < -0.4 is 11.1 Å². The molecular weight excluding hydrogens is 290 g/mol. The van der Waals surface area contributed by atoms with Gasteiger partial charge in [-0.15, -0.1) is 0 Å². The molecule has 0 spiro atoms. The van der Waals surface area contributed by atoms with Gasteiger partial charge < -0.3 is 16.0 Å². The van der Waals surface area contributed by atoms with Gasteiger partial charge >= 0.3 is 6.03 Å². The Balaban J connectivity index is 1.64. The van der Waals surface area contributed by atoms with Crippen molar-refractivity contribution < 1.29 is 4.79 Å². The minimum absolute atomic E-state index is 0.177. The summed E-state index contributed by atoms with van der Waals surface area (Å²) in [5, 5.41) is 3.39. The van der Waals surface area contributed by atoms with Gasteiger partial charge in [0, 0.05) is 31.7 Å². The first-order chi connectivity index (χ1) is 11.2. The number of nitrogens with two attached hydrogens (primary N) is 1. The number of nitrogens with one attached hydrogen (secondary N) is 1. The van der Waals surface area contributed by atoms with Gasteiger partial charge in [0.15, 0.2) is 0 Å². The second-order valence-electron chi connectivity index (χ2n) is 5.79. The smallest absolute Gasteiger partial charge is 0.314 e. The van der Waals surface area contributed by atoms with Crippen molar-refractivity contribution in [2.45, 2.75) is 25.3 Å². The van der Waals surface area contributed by atoms with Gasteiger partial charge in [-0.05, 0) is 24.5 Å². The zero-order valence-electron chi connectivity index (χ0n) is 13.0. The van der Waals surface area contributed by atoms with Crippen LogP contribution in [0.1, 0.15) is 24.2 Å². The molecule has 6 heteroatoms. The highest BCUT2D eigenvalue weighted by Gasteiger charge is 2.22. The number of carbonyl (C=O) groups excluding carboxylic acids is 1. The van der Waals surface area contributed by atoms with E-state index < -0.39 is 0 Å². The zero-order chi connectivity index (χ0) is 16.1. The molecule has 6 nitrogen and oxygen atoms in total. The Hall–Kier alpha value is -2.63. The summed E-state index contributed by atoms with van der Waals surface area (Å²) in [7, 11) is 0. The molecule has 0 bridgehead atoms. The molecule has 1 aromatic carbocycles. The van der Waals surface area contributed by atoms with Gasteiger partial charge in [0.05, 0.1) is 0 Å². The van der Waals surface area contributed by atoms with Crippen LogP contribution in [-0.4, -0.2) is 40.0 Å². The molecule has 3 rings (SSSR count). The van der Waals surface area contributed by atoms with Gasteiger partial charge in [-0.25, -0.2) is 14.8 Å². The van der Waals surface area contributed by atoms with E-state index in [0.29, 0.717) is 13.0 Å². The van der Waals surface area contributed by atoms with Gasteiger partial charge in [0.25, 0.3) is 0 Å². The number of piperidine rings is 1. The normalized spacial score (nSPS) is 17.7. The molecule has 0 unspecified atom stereocenters. The van der Waals surface area contributed by atoms with Gasteiger partial charge in [0.1, 0.15) is 11.6 Å². The van der Waals surface area contributed by atoms with Crippen LogP contribution in [0, 0.1) is 0 Å². The van der Waals surface area contributed by atoms with Crippen LogP contribution in [0.2, 0.25) is 0 Å². The number of benzene rings is 1. The van der Waals surface area contributed by atoms with Crippen molar-refractivity contribution in [3.05, 3.63) is 54.0 Å². The van der Waals surface area contributed by atoms with Gasteiger partial charge in [0.2, 0.25) is 0 Å². The maximum absolute atomic E-state index is 11.3. The van der Waals surface area contributed by atoms with Crippen LogP contribution in [0.15, 0.2) is 42.6 Å². The largest absolute Gasteiger partial charge is 0.365 e. The summed E-state index contributed by atoms with van der Waals surface area (Å²) in [6.45, 7) is 1.35. The highest BCUT2D eigenvalue weighted by atomic mass is 16.2. The summed E-state index contributed by atoms with van der Waals surface area (Å²) in [6.07, 6.45) is 4.42. The molecule has 1 fully saturated rings. The van der Waals surface area contributed by atoms with Crippen molar-refractivity contribution in [1.82, 2.24) is 14.9 Å². The first-order valence-corrected chi connectivity index (χ1v) is 7.87. The summed E-state index contributed by atoms with van der Waals surface area (Å²) in [6, 6.07) is 11.8. The third-order valence-electron chi connectivity index (χ3n) is 4.00. The van der Waals surface area contributed by atoms with Crippen LogP contribution >= 0.6 is 0 Å². The first-order valence-electron chi connectivity index (χ1n) is 7.87. The number of nitrogens with zero attached hydrogens (tertiary/aromatic N) is 3. The van der Waals surface area contributed by atoms with Crippen molar-refractivity contribution in [3.63, 3.8) is 0 Å². The van der Waals surface area contributed by atoms with Crippen molar-refractivity contribution in [2.24, 2.45) is 5.73 Å². The summed E-state index contributed by atoms with van der Waals surface area (Å²) in [5.41, 5.74) is 6.55. The highest BCUT2D eigenvalue weighted by molar-refractivity contribution is 5.72. The zero-order valence-corrected chi connectivity index (χ0v) is 13.0. The predicted octanol–water partition coefficient (Wildman–Crippen LogP) is 2.02. The Labute approximate surface area is 135 Å². The Kier molecular flexibility index (Phi) is 4.71. The first kappa shape index (κ1) is 15.3. The van der Waals surface area contributed by atoms with Crippen molar-refractivity contribution in [2.75, 3.05) is 18.4 Å². The lowest BCUT2D eigenvalue weighted by Crippen LogP contribution is -2.47. The average molecular weight is 311 g/mol. The van der Waals surface area contributed by atoms with E-state index in [0.717, 1.165) is 31.0 Å². The molecular formula is C17H21N5O. The van der Waals surface area contributed by atoms with Crippen LogP contribution in [0.5, 0.6) is 0 Å². The summed E-state index contributed by atoms with van der Waals surface area (Å²) >= 11 is 0. The molecule has 3 N–H and O–H groups in total. The standard InChI is InChI=1S/C17H21N5O/c18-17(23)22-10-4-7-14(12-22)20-15-8-9-19-16(21-15)11-13-5-2-1-3-6-13/h1-3,5-6,8-9,14H,4,7,10-12H2,(H2,18,23)(H,19,20,21)/t14-/m0/s1.